The van der Waals surface area contributed by atoms with Gasteiger partial charge in [-0.15, -0.1) is 0 Å². The minimum Gasteiger partial charge on any atom is -0.264 e. The molecule has 1 heterocycles. The van der Waals surface area contributed by atoms with Crippen molar-refractivity contribution in [2.45, 2.75) is 52.4 Å². The standard InChI is InChI=1S/C13H21N/c1-4-6-12(7-5-2)13-8-11(3)9-14-10-13/h8-10,12H,4-7H2,1-3H3. The summed E-state index contributed by atoms with van der Waals surface area (Å²) in [5.74, 6) is 0.720. The van der Waals surface area contributed by atoms with E-state index in [1.807, 2.05) is 12.4 Å². The number of aromatic nitrogens is 1. The SMILES string of the molecule is CCCC(CCC)c1cncc(C)c1. The van der Waals surface area contributed by atoms with Crippen LogP contribution < -0.4 is 0 Å². The largest absolute Gasteiger partial charge is 0.264 e. The highest BCUT2D eigenvalue weighted by molar-refractivity contribution is 5.20. The number of nitrogens with zero attached hydrogens (tertiary/aromatic N) is 1. The van der Waals surface area contributed by atoms with E-state index < -0.39 is 0 Å². The van der Waals surface area contributed by atoms with Gasteiger partial charge in [0.2, 0.25) is 0 Å². The first kappa shape index (κ1) is 11.2. The molecule has 1 aromatic heterocycles. The monoisotopic (exact) mass is 191 g/mol. The summed E-state index contributed by atoms with van der Waals surface area (Å²) in [7, 11) is 0. The topological polar surface area (TPSA) is 12.9 Å². The molecule has 0 N–H and O–H groups in total. The Labute approximate surface area is 87.6 Å². The van der Waals surface area contributed by atoms with Crippen LogP contribution in [0.3, 0.4) is 0 Å². The second kappa shape index (κ2) is 5.79. The van der Waals surface area contributed by atoms with Crippen molar-refractivity contribution in [2.24, 2.45) is 0 Å². The van der Waals surface area contributed by atoms with Gasteiger partial charge in [-0.3, -0.25) is 4.98 Å². The predicted octanol–water partition coefficient (Wildman–Crippen LogP) is 4.07. The van der Waals surface area contributed by atoms with Gasteiger partial charge in [-0.1, -0.05) is 32.8 Å². The Balaban J connectivity index is 2.75. The Morgan fingerprint density at radius 3 is 2.29 bits per heavy atom. The zero-order valence-electron chi connectivity index (χ0n) is 9.59. The Morgan fingerprint density at radius 1 is 1.14 bits per heavy atom. The van der Waals surface area contributed by atoms with Crippen LogP contribution in [-0.4, -0.2) is 4.98 Å². The van der Waals surface area contributed by atoms with Gasteiger partial charge in [-0.25, -0.2) is 0 Å². The van der Waals surface area contributed by atoms with Gasteiger partial charge in [-0.2, -0.15) is 0 Å². The van der Waals surface area contributed by atoms with Crippen molar-refractivity contribution in [1.29, 1.82) is 0 Å². The zero-order valence-corrected chi connectivity index (χ0v) is 9.59. The summed E-state index contributed by atoms with van der Waals surface area (Å²) < 4.78 is 0. The number of pyridine rings is 1. The number of hydrogen-bond donors (Lipinski definition) is 0. The molecule has 1 aromatic rings. The van der Waals surface area contributed by atoms with Crippen molar-refractivity contribution in [1.82, 2.24) is 4.98 Å². The van der Waals surface area contributed by atoms with Gasteiger partial charge in [0.25, 0.3) is 0 Å². The molecule has 0 amide bonds. The molecule has 14 heavy (non-hydrogen) atoms. The van der Waals surface area contributed by atoms with Crippen LogP contribution in [0.2, 0.25) is 0 Å². The summed E-state index contributed by atoms with van der Waals surface area (Å²) in [6.45, 7) is 6.63. The van der Waals surface area contributed by atoms with Crippen LogP contribution in [0.15, 0.2) is 18.5 Å². The summed E-state index contributed by atoms with van der Waals surface area (Å²) >= 11 is 0. The maximum Gasteiger partial charge on any atom is 0.0302 e. The molecular weight excluding hydrogens is 170 g/mol. The molecule has 0 bridgehead atoms. The first-order valence-corrected chi connectivity index (χ1v) is 5.69. The lowest BCUT2D eigenvalue weighted by Gasteiger charge is -2.15. The van der Waals surface area contributed by atoms with E-state index in [0.717, 1.165) is 5.92 Å². The minimum atomic E-state index is 0.720. The van der Waals surface area contributed by atoms with Gasteiger partial charge in [0.1, 0.15) is 0 Å². The summed E-state index contributed by atoms with van der Waals surface area (Å²) in [5, 5.41) is 0. The molecule has 0 saturated heterocycles. The predicted molar refractivity (Wildman–Crippen MR) is 61.5 cm³/mol. The highest BCUT2D eigenvalue weighted by Gasteiger charge is 2.09. The molecule has 0 radical (unpaired) electrons. The molecule has 0 atom stereocenters. The third-order valence-corrected chi connectivity index (χ3v) is 2.64. The van der Waals surface area contributed by atoms with Crippen molar-refractivity contribution in [3.8, 4) is 0 Å². The van der Waals surface area contributed by atoms with E-state index in [0.29, 0.717) is 0 Å². The van der Waals surface area contributed by atoms with Gasteiger partial charge >= 0.3 is 0 Å². The van der Waals surface area contributed by atoms with E-state index in [9.17, 15) is 0 Å². The lowest BCUT2D eigenvalue weighted by atomic mass is 9.91. The van der Waals surface area contributed by atoms with Crippen molar-refractivity contribution in [3.63, 3.8) is 0 Å². The lowest BCUT2D eigenvalue weighted by molar-refractivity contribution is 0.559. The molecule has 0 fully saturated rings. The molecule has 0 saturated carbocycles. The second-order valence-corrected chi connectivity index (χ2v) is 4.07. The van der Waals surface area contributed by atoms with E-state index in [1.165, 1.54) is 36.8 Å². The smallest absolute Gasteiger partial charge is 0.0302 e. The normalized spacial score (nSPS) is 10.9. The fourth-order valence-electron chi connectivity index (χ4n) is 1.98. The van der Waals surface area contributed by atoms with Gasteiger partial charge in [0, 0.05) is 12.4 Å². The number of hydrogen-bond acceptors (Lipinski definition) is 1. The van der Waals surface area contributed by atoms with E-state index >= 15 is 0 Å². The highest BCUT2D eigenvalue weighted by atomic mass is 14.6. The molecule has 1 rings (SSSR count). The third-order valence-electron chi connectivity index (χ3n) is 2.64. The van der Waals surface area contributed by atoms with E-state index in [2.05, 4.69) is 31.8 Å². The Kier molecular flexibility index (Phi) is 4.64. The molecular formula is C13H21N. The van der Waals surface area contributed by atoms with Crippen molar-refractivity contribution < 1.29 is 0 Å². The van der Waals surface area contributed by atoms with E-state index in [-0.39, 0.29) is 0 Å². The molecule has 0 aromatic carbocycles. The van der Waals surface area contributed by atoms with Crippen LogP contribution in [0.25, 0.3) is 0 Å². The summed E-state index contributed by atoms with van der Waals surface area (Å²) in [6.07, 6.45) is 9.07. The maximum absolute atomic E-state index is 4.27. The van der Waals surface area contributed by atoms with E-state index in [1.54, 1.807) is 0 Å². The third kappa shape index (κ3) is 3.13. The zero-order chi connectivity index (χ0) is 10.4. The Hall–Kier alpha value is -0.850. The quantitative estimate of drug-likeness (QED) is 0.683. The van der Waals surface area contributed by atoms with Crippen molar-refractivity contribution >= 4 is 0 Å². The molecule has 1 nitrogen and oxygen atoms in total. The minimum absolute atomic E-state index is 0.720. The lowest BCUT2D eigenvalue weighted by Crippen LogP contribution is -1.99. The average Bonchev–Trinajstić information content (AvgIpc) is 2.17. The molecule has 0 spiro atoms. The van der Waals surface area contributed by atoms with Gasteiger partial charge in [-0.05, 0) is 36.8 Å². The molecule has 0 aliphatic carbocycles. The van der Waals surface area contributed by atoms with Crippen molar-refractivity contribution in [2.75, 3.05) is 0 Å². The number of rotatable bonds is 5. The van der Waals surface area contributed by atoms with Crippen LogP contribution in [0.4, 0.5) is 0 Å². The summed E-state index contributed by atoms with van der Waals surface area (Å²) in [6, 6.07) is 2.28. The molecule has 1 heteroatoms. The first-order valence-electron chi connectivity index (χ1n) is 5.69. The molecule has 0 unspecified atom stereocenters. The van der Waals surface area contributed by atoms with Crippen molar-refractivity contribution in [3.05, 3.63) is 29.6 Å². The van der Waals surface area contributed by atoms with Crippen LogP contribution in [0, 0.1) is 6.92 Å². The Bertz CT molecular complexity index is 262. The fourth-order valence-corrected chi connectivity index (χ4v) is 1.98. The fraction of sp³-hybridized carbons (Fsp3) is 0.615. The van der Waals surface area contributed by atoms with Crippen LogP contribution >= 0.6 is 0 Å². The van der Waals surface area contributed by atoms with Crippen LogP contribution in [0.5, 0.6) is 0 Å². The van der Waals surface area contributed by atoms with Crippen LogP contribution in [0.1, 0.15) is 56.6 Å². The average molecular weight is 191 g/mol. The first-order chi connectivity index (χ1) is 6.77. The summed E-state index contributed by atoms with van der Waals surface area (Å²) in [5.41, 5.74) is 2.70. The highest BCUT2D eigenvalue weighted by Crippen LogP contribution is 2.25. The number of aryl methyl sites for hydroxylation is 1. The van der Waals surface area contributed by atoms with E-state index in [4.69, 9.17) is 0 Å². The molecule has 0 aliphatic rings. The second-order valence-electron chi connectivity index (χ2n) is 4.07. The molecule has 78 valence electrons. The van der Waals surface area contributed by atoms with Gasteiger partial charge in [0.05, 0.1) is 0 Å². The maximum atomic E-state index is 4.27. The van der Waals surface area contributed by atoms with Gasteiger partial charge < -0.3 is 0 Å². The van der Waals surface area contributed by atoms with Crippen LogP contribution in [-0.2, 0) is 0 Å². The summed E-state index contributed by atoms with van der Waals surface area (Å²) in [4.78, 5) is 4.27. The molecule has 0 aliphatic heterocycles. The Morgan fingerprint density at radius 2 is 1.79 bits per heavy atom. The van der Waals surface area contributed by atoms with Gasteiger partial charge in [0.15, 0.2) is 0 Å².